The molecule has 2 amide bonds. The number of benzene rings is 3. The van der Waals surface area contributed by atoms with Gasteiger partial charge in [-0.2, -0.15) is 0 Å². The number of hydrogen-bond acceptors (Lipinski definition) is 5. The third-order valence-corrected chi connectivity index (χ3v) is 6.09. The fourth-order valence-electron chi connectivity index (χ4n) is 4.15. The van der Waals surface area contributed by atoms with Crippen molar-refractivity contribution in [2.75, 3.05) is 32.2 Å². The van der Waals surface area contributed by atoms with Gasteiger partial charge in [0.1, 0.15) is 19.0 Å². The van der Waals surface area contributed by atoms with Gasteiger partial charge in [0.25, 0.3) is 5.56 Å². The average Bonchev–Trinajstić information content (AvgIpc) is 2.91. The number of methoxy groups -OCH3 is 1. The molecule has 1 aliphatic rings. The van der Waals surface area contributed by atoms with Gasteiger partial charge in [0, 0.05) is 29.2 Å². The molecule has 184 valence electrons. The maximum absolute atomic E-state index is 13.3. The molecule has 0 bridgehead atoms. The molecule has 0 atom stereocenters. The Labute approximate surface area is 208 Å². The molecule has 0 saturated heterocycles. The third kappa shape index (κ3) is 5.27. The largest absolute Gasteiger partial charge is 0.497 e. The number of urea groups is 1. The molecule has 8 heteroatoms. The van der Waals surface area contributed by atoms with E-state index in [1.165, 1.54) is 0 Å². The highest BCUT2D eigenvalue weighted by molar-refractivity contribution is 5.89. The Morgan fingerprint density at radius 1 is 1.00 bits per heavy atom. The number of nitrogens with one attached hydrogen (secondary N) is 2. The second-order valence-corrected chi connectivity index (χ2v) is 8.52. The van der Waals surface area contributed by atoms with Gasteiger partial charge in [0.15, 0.2) is 11.5 Å². The molecule has 1 aromatic heterocycles. The lowest BCUT2D eigenvalue weighted by Crippen LogP contribution is -2.37. The maximum atomic E-state index is 13.3. The highest BCUT2D eigenvalue weighted by Gasteiger charge is 2.18. The predicted molar refractivity (Wildman–Crippen MR) is 138 cm³/mol. The number of anilines is 1. The smallest absolute Gasteiger partial charge is 0.322 e. The lowest BCUT2D eigenvalue weighted by atomic mass is 10.1. The van der Waals surface area contributed by atoms with Gasteiger partial charge in [0.2, 0.25) is 0 Å². The van der Waals surface area contributed by atoms with Crippen LogP contribution in [0, 0.1) is 0 Å². The molecule has 0 fully saturated rings. The first-order valence-electron chi connectivity index (χ1n) is 11.8. The highest BCUT2D eigenvalue weighted by Crippen LogP contribution is 2.33. The van der Waals surface area contributed by atoms with Crippen LogP contribution < -0.4 is 25.1 Å². The molecule has 1 aliphatic heterocycles. The van der Waals surface area contributed by atoms with Gasteiger partial charge in [0.05, 0.1) is 19.2 Å². The summed E-state index contributed by atoms with van der Waals surface area (Å²) < 4.78 is 16.5. The predicted octanol–water partition coefficient (Wildman–Crippen LogP) is 4.58. The van der Waals surface area contributed by atoms with Gasteiger partial charge < -0.3 is 29.4 Å². The zero-order valence-corrected chi connectivity index (χ0v) is 20.0. The van der Waals surface area contributed by atoms with Crippen LogP contribution in [0.3, 0.4) is 0 Å². The topological polar surface area (TPSA) is 92.9 Å². The molecule has 0 saturated carbocycles. The number of carbonyl (C=O) groups excluding carboxylic acids is 1. The number of pyridine rings is 1. The number of H-pyrrole nitrogens is 1. The Bertz CT molecular complexity index is 1420. The number of hydrogen-bond donors (Lipinski definition) is 2. The van der Waals surface area contributed by atoms with E-state index in [9.17, 15) is 9.59 Å². The SMILES string of the molecule is COc1ccc(NC(=O)N(CCc2ccccc2)Cc2cc3cc4c(cc3[nH]c2=O)OCCO4)cc1. The minimum atomic E-state index is -0.294. The van der Waals surface area contributed by atoms with Crippen LogP contribution in [0.2, 0.25) is 0 Å². The summed E-state index contributed by atoms with van der Waals surface area (Å²) in [6.45, 7) is 1.53. The second-order valence-electron chi connectivity index (χ2n) is 8.52. The minimum Gasteiger partial charge on any atom is -0.497 e. The van der Waals surface area contributed by atoms with Crippen molar-refractivity contribution < 1.29 is 19.0 Å². The summed E-state index contributed by atoms with van der Waals surface area (Å²) in [5.41, 5.74) is 2.64. The first kappa shape index (κ1) is 23.3. The second kappa shape index (κ2) is 10.4. The van der Waals surface area contributed by atoms with Gasteiger partial charge >= 0.3 is 6.03 Å². The fourth-order valence-corrected chi connectivity index (χ4v) is 4.15. The summed E-state index contributed by atoms with van der Waals surface area (Å²) in [5, 5.41) is 3.74. The summed E-state index contributed by atoms with van der Waals surface area (Å²) in [4.78, 5) is 30.8. The van der Waals surface area contributed by atoms with Crippen LogP contribution in [0.5, 0.6) is 17.2 Å². The molecule has 8 nitrogen and oxygen atoms in total. The van der Waals surface area contributed by atoms with Crippen LogP contribution in [0.25, 0.3) is 10.9 Å². The first-order valence-corrected chi connectivity index (χ1v) is 11.8. The first-order chi connectivity index (χ1) is 17.6. The van der Waals surface area contributed by atoms with Crippen LogP contribution in [-0.2, 0) is 13.0 Å². The van der Waals surface area contributed by atoms with E-state index in [0.717, 1.165) is 10.9 Å². The van der Waals surface area contributed by atoms with E-state index in [4.69, 9.17) is 14.2 Å². The van der Waals surface area contributed by atoms with Crippen LogP contribution >= 0.6 is 0 Å². The molecule has 36 heavy (non-hydrogen) atoms. The van der Waals surface area contributed by atoms with E-state index in [0.29, 0.717) is 60.2 Å². The molecular weight excluding hydrogens is 458 g/mol. The zero-order chi connectivity index (χ0) is 24.9. The molecule has 0 aliphatic carbocycles. The van der Waals surface area contributed by atoms with Crippen molar-refractivity contribution in [3.8, 4) is 17.2 Å². The van der Waals surface area contributed by atoms with Crippen molar-refractivity contribution in [2.45, 2.75) is 13.0 Å². The minimum absolute atomic E-state index is 0.147. The number of aromatic nitrogens is 1. The molecular formula is C28H27N3O5. The van der Waals surface area contributed by atoms with Crippen molar-refractivity contribution >= 4 is 22.6 Å². The van der Waals surface area contributed by atoms with Crippen LogP contribution in [0.4, 0.5) is 10.5 Å². The Morgan fingerprint density at radius 2 is 1.72 bits per heavy atom. The highest BCUT2D eigenvalue weighted by atomic mass is 16.6. The van der Waals surface area contributed by atoms with Gasteiger partial charge in [-0.05, 0) is 48.4 Å². The number of aromatic amines is 1. The fraction of sp³-hybridized carbons (Fsp3) is 0.214. The Balaban J connectivity index is 1.41. The van der Waals surface area contributed by atoms with Gasteiger partial charge in [-0.15, -0.1) is 0 Å². The quantitative estimate of drug-likeness (QED) is 0.400. The number of ether oxygens (including phenoxy) is 3. The Hall–Kier alpha value is -4.46. The van der Waals surface area contributed by atoms with Crippen molar-refractivity contribution in [1.29, 1.82) is 0 Å². The summed E-state index contributed by atoms with van der Waals surface area (Å²) in [5.74, 6) is 1.96. The van der Waals surface area contributed by atoms with E-state index >= 15 is 0 Å². The van der Waals surface area contributed by atoms with Crippen molar-refractivity contribution in [3.05, 3.63) is 94.3 Å². The van der Waals surface area contributed by atoms with Gasteiger partial charge in [-0.1, -0.05) is 30.3 Å². The standard InChI is InChI=1S/C28H27N3O5/c1-34-23-9-7-22(8-10-23)29-28(33)31(12-11-19-5-3-2-4-6-19)18-21-15-20-16-25-26(36-14-13-35-25)17-24(20)30-27(21)32/h2-10,15-17H,11-14,18H2,1H3,(H,29,33)(H,30,32). The van der Waals surface area contributed by atoms with Crippen LogP contribution in [0.1, 0.15) is 11.1 Å². The molecule has 4 aromatic rings. The number of nitrogens with zero attached hydrogens (tertiary/aromatic N) is 1. The summed E-state index contributed by atoms with van der Waals surface area (Å²) in [6.07, 6.45) is 0.654. The molecule has 5 rings (SSSR count). The lowest BCUT2D eigenvalue weighted by molar-refractivity contribution is 0.172. The Morgan fingerprint density at radius 3 is 2.44 bits per heavy atom. The van der Waals surface area contributed by atoms with E-state index < -0.39 is 0 Å². The Kier molecular flexibility index (Phi) is 6.75. The van der Waals surface area contributed by atoms with Gasteiger partial charge in [-0.25, -0.2) is 4.79 Å². The van der Waals surface area contributed by atoms with E-state index in [1.54, 1.807) is 42.3 Å². The number of rotatable bonds is 7. The van der Waals surface area contributed by atoms with Crippen LogP contribution in [0.15, 0.2) is 77.6 Å². The number of amides is 2. The summed E-state index contributed by atoms with van der Waals surface area (Å²) >= 11 is 0. The molecule has 0 unspecified atom stereocenters. The van der Waals surface area contributed by atoms with E-state index in [-0.39, 0.29) is 18.1 Å². The van der Waals surface area contributed by atoms with Gasteiger partial charge in [-0.3, -0.25) is 4.79 Å². The monoisotopic (exact) mass is 485 g/mol. The van der Waals surface area contributed by atoms with Crippen LogP contribution in [-0.4, -0.2) is 42.8 Å². The van der Waals surface area contributed by atoms with Crippen molar-refractivity contribution in [1.82, 2.24) is 9.88 Å². The third-order valence-electron chi connectivity index (χ3n) is 6.09. The maximum Gasteiger partial charge on any atom is 0.322 e. The molecule has 2 heterocycles. The lowest BCUT2D eigenvalue weighted by Gasteiger charge is -2.23. The molecule has 2 N–H and O–H groups in total. The molecule has 0 spiro atoms. The van der Waals surface area contributed by atoms with E-state index in [2.05, 4.69) is 10.3 Å². The summed E-state index contributed by atoms with van der Waals surface area (Å²) in [6, 6.07) is 22.2. The molecule has 3 aromatic carbocycles. The molecule has 0 radical (unpaired) electrons. The number of carbonyl (C=O) groups is 1. The average molecular weight is 486 g/mol. The van der Waals surface area contributed by atoms with Crippen molar-refractivity contribution in [2.24, 2.45) is 0 Å². The number of fused-ring (bicyclic) bond motifs is 2. The van der Waals surface area contributed by atoms with Crippen molar-refractivity contribution in [3.63, 3.8) is 0 Å². The summed E-state index contributed by atoms with van der Waals surface area (Å²) in [7, 11) is 1.59. The zero-order valence-electron chi connectivity index (χ0n) is 20.0. The van der Waals surface area contributed by atoms with E-state index in [1.807, 2.05) is 42.5 Å². The normalized spacial score (nSPS) is 12.2.